The molecule has 2 heterocycles. The van der Waals surface area contributed by atoms with E-state index >= 15 is 0 Å². The maximum atomic E-state index is 12.2. The van der Waals surface area contributed by atoms with Gasteiger partial charge >= 0.3 is 0 Å². The summed E-state index contributed by atoms with van der Waals surface area (Å²) in [5.74, 6) is 0.635. The summed E-state index contributed by atoms with van der Waals surface area (Å²) >= 11 is 0. The molecule has 1 amide bonds. The maximum Gasteiger partial charge on any atom is 0.248 e. The monoisotopic (exact) mass is 288 g/mol. The SMILES string of the molecule is CC1(C2CCNCC2)CN(Cc2ccccc2)C(=O)CO1. The molecular weight excluding hydrogens is 264 g/mol. The van der Waals surface area contributed by atoms with Crippen molar-refractivity contribution in [2.75, 3.05) is 26.2 Å². The second-order valence-corrected chi connectivity index (χ2v) is 6.36. The highest BCUT2D eigenvalue weighted by Gasteiger charge is 2.42. The van der Waals surface area contributed by atoms with E-state index in [-0.39, 0.29) is 18.1 Å². The van der Waals surface area contributed by atoms with Gasteiger partial charge in [0.15, 0.2) is 0 Å². The molecule has 1 aromatic rings. The Morgan fingerprint density at radius 3 is 2.71 bits per heavy atom. The lowest BCUT2D eigenvalue weighted by molar-refractivity contribution is -0.172. The molecule has 4 nitrogen and oxygen atoms in total. The number of ether oxygens (including phenoxy) is 1. The third-order valence-electron chi connectivity index (χ3n) is 4.80. The van der Waals surface area contributed by atoms with Gasteiger partial charge in [0, 0.05) is 6.54 Å². The van der Waals surface area contributed by atoms with Crippen molar-refractivity contribution >= 4 is 5.91 Å². The first-order chi connectivity index (χ1) is 10.2. The van der Waals surface area contributed by atoms with Crippen LogP contribution < -0.4 is 5.32 Å². The predicted octanol–water partition coefficient (Wildman–Crippen LogP) is 1.80. The number of benzene rings is 1. The minimum absolute atomic E-state index is 0.102. The highest BCUT2D eigenvalue weighted by atomic mass is 16.5. The number of carbonyl (C=O) groups excluding carboxylic acids is 1. The van der Waals surface area contributed by atoms with Crippen molar-refractivity contribution < 1.29 is 9.53 Å². The van der Waals surface area contributed by atoms with Crippen LogP contribution in [-0.2, 0) is 16.1 Å². The largest absolute Gasteiger partial charge is 0.363 e. The first-order valence-corrected chi connectivity index (χ1v) is 7.84. The molecule has 0 spiro atoms. The second kappa shape index (κ2) is 6.16. The van der Waals surface area contributed by atoms with Gasteiger partial charge in [-0.15, -0.1) is 0 Å². The van der Waals surface area contributed by atoms with E-state index in [9.17, 15) is 4.79 Å². The molecule has 0 saturated carbocycles. The zero-order valence-corrected chi connectivity index (χ0v) is 12.7. The van der Waals surface area contributed by atoms with E-state index in [1.165, 1.54) is 5.56 Å². The van der Waals surface area contributed by atoms with Crippen LogP contribution in [-0.4, -0.2) is 42.6 Å². The Labute approximate surface area is 126 Å². The van der Waals surface area contributed by atoms with Gasteiger partial charge in [-0.05, 0) is 44.3 Å². The Morgan fingerprint density at radius 1 is 1.29 bits per heavy atom. The summed E-state index contributed by atoms with van der Waals surface area (Å²) in [6.07, 6.45) is 2.26. The Hall–Kier alpha value is -1.39. The molecule has 0 bridgehead atoms. The number of nitrogens with zero attached hydrogens (tertiary/aromatic N) is 1. The highest BCUT2D eigenvalue weighted by Crippen LogP contribution is 2.33. The highest BCUT2D eigenvalue weighted by molar-refractivity contribution is 5.78. The fraction of sp³-hybridized carbons (Fsp3) is 0.588. The summed E-state index contributed by atoms with van der Waals surface area (Å²) in [7, 11) is 0. The van der Waals surface area contributed by atoms with E-state index < -0.39 is 0 Å². The lowest BCUT2D eigenvalue weighted by Gasteiger charge is -2.46. The first-order valence-electron chi connectivity index (χ1n) is 7.84. The van der Waals surface area contributed by atoms with Crippen LogP contribution in [0.4, 0.5) is 0 Å². The van der Waals surface area contributed by atoms with Crippen molar-refractivity contribution in [3.05, 3.63) is 35.9 Å². The first kappa shape index (κ1) is 14.5. The topological polar surface area (TPSA) is 41.6 Å². The van der Waals surface area contributed by atoms with Gasteiger partial charge in [-0.1, -0.05) is 30.3 Å². The van der Waals surface area contributed by atoms with Crippen molar-refractivity contribution in [3.8, 4) is 0 Å². The minimum Gasteiger partial charge on any atom is -0.363 e. The summed E-state index contributed by atoms with van der Waals surface area (Å²) in [6, 6.07) is 10.2. The van der Waals surface area contributed by atoms with E-state index in [1.807, 2.05) is 23.1 Å². The van der Waals surface area contributed by atoms with E-state index in [0.717, 1.165) is 25.9 Å². The number of nitrogens with one attached hydrogen (secondary N) is 1. The van der Waals surface area contributed by atoms with Gasteiger partial charge in [0.05, 0.1) is 12.1 Å². The third-order valence-corrected chi connectivity index (χ3v) is 4.80. The Balaban J connectivity index is 1.70. The molecule has 0 radical (unpaired) electrons. The average molecular weight is 288 g/mol. The molecule has 2 aliphatic heterocycles. The Morgan fingerprint density at radius 2 is 2.00 bits per heavy atom. The minimum atomic E-state index is -0.204. The zero-order chi connectivity index (χ0) is 14.7. The van der Waals surface area contributed by atoms with Crippen LogP contribution >= 0.6 is 0 Å². The molecule has 4 heteroatoms. The Kier molecular flexibility index (Phi) is 4.27. The second-order valence-electron chi connectivity index (χ2n) is 6.36. The number of rotatable bonds is 3. The molecule has 0 aliphatic carbocycles. The fourth-order valence-electron chi connectivity index (χ4n) is 3.46. The summed E-state index contributed by atoms with van der Waals surface area (Å²) in [4.78, 5) is 14.1. The molecule has 1 atom stereocenters. The van der Waals surface area contributed by atoms with Crippen LogP contribution in [0.5, 0.6) is 0 Å². The van der Waals surface area contributed by atoms with E-state index in [2.05, 4.69) is 24.4 Å². The van der Waals surface area contributed by atoms with Crippen LogP contribution in [0.15, 0.2) is 30.3 Å². The smallest absolute Gasteiger partial charge is 0.248 e. The van der Waals surface area contributed by atoms with Gasteiger partial charge in [0.25, 0.3) is 0 Å². The molecule has 1 unspecified atom stereocenters. The normalized spacial score (nSPS) is 27.9. The lowest BCUT2D eigenvalue weighted by Crippen LogP contribution is -2.57. The van der Waals surface area contributed by atoms with E-state index in [1.54, 1.807) is 0 Å². The molecule has 0 aromatic heterocycles. The van der Waals surface area contributed by atoms with Gasteiger partial charge in [-0.2, -0.15) is 0 Å². The van der Waals surface area contributed by atoms with E-state index in [0.29, 0.717) is 19.0 Å². The number of carbonyl (C=O) groups is 1. The number of hydrogen-bond acceptors (Lipinski definition) is 3. The summed E-state index contributed by atoms with van der Waals surface area (Å²) in [6.45, 7) is 5.88. The van der Waals surface area contributed by atoms with Crippen molar-refractivity contribution in [2.24, 2.45) is 5.92 Å². The van der Waals surface area contributed by atoms with Gasteiger partial charge in [-0.3, -0.25) is 4.79 Å². The maximum absolute atomic E-state index is 12.2. The van der Waals surface area contributed by atoms with Crippen molar-refractivity contribution in [1.82, 2.24) is 10.2 Å². The van der Waals surface area contributed by atoms with Gasteiger partial charge in [0.1, 0.15) is 6.61 Å². The van der Waals surface area contributed by atoms with Crippen molar-refractivity contribution in [1.29, 1.82) is 0 Å². The number of amides is 1. The zero-order valence-electron chi connectivity index (χ0n) is 12.7. The summed E-state index contributed by atoms with van der Waals surface area (Å²) in [5.41, 5.74) is 0.977. The molecule has 114 valence electrons. The average Bonchev–Trinajstić information content (AvgIpc) is 2.53. The lowest BCUT2D eigenvalue weighted by atomic mass is 9.81. The molecular formula is C17H24N2O2. The predicted molar refractivity (Wildman–Crippen MR) is 81.8 cm³/mol. The number of hydrogen-bond donors (Lipinski definition) is 1. The van der Waals surface area contributed by atoms with Crippen LogP contribution in [0.2, 0.25) is 0 Å². The number of piperidine rings is 1. The van der Waals surface area contributed by atoms with Gasteiger partial charge < -0.3 is 15.0 Å². The molecule has 3 rings (SSSR count). The van der Waals surface area contributed by atoms with Crippen LogP contribution in [0.1, 0.15) is 25.3 Å². The van der Waals surface area contributed by atoms with Crippen molar-refractivity contribution in [2.45, 2.75) is 31.9 Å². The Bertz CT molecular complexity index is 485. The standard InChI is InChI=1S/C17H24N2O2/c1-17(15-7-9-18-10-8-15)13-19(16(20)12-21-17)11-14-5-3-2-4-6-14/h2-6,15,18H,7-13H2,1H3. The van der Waals surface area contributed by atoms with Crippen molar-refractivity contribution in [3.63, 3.8) is 0 Å². The number of morpholine rings is 1. The molecule has 21 heavy (non-hydrogen) atoms. The molecule has 2 saturated heterocycles. The van der Waals surface area contributed by atoms with Crippen LogP contribution in [0, 0.1) is 5.92 Å². The van der Waals surface area contributed by atoms with Crippen LogP contribution in [0.3, 0.4) is 0 Å². The molecule has 1 aromatic carbocycles. The van der Waals surface area contributed by atoms with Gasteiger partial charge in [0.2, 0.25) is 5.91 Å². The molecule has 1 N–H and O–H groups in total. The van der Waals surface area contributed by atoms with Crippen LogP contribution in [0.25, 0.3) is 0 Å². The molecule has 2 fully saturated rings. The quantitative estimate of drug-likeness (QED) is 0.922. The fourth-order valence-corrected chi connectivity index (χ4v) is 3.46. The van der Waals surface area contributed by atoms with E-state index in [4.69, 9.17) is 4.74 Å². The summed E-state index contributed by atoms with van der Waals surface area (Å²) < 4.78 is 5.97. The van der Waals surface area contributed by atoms with Gasteiger partial charge in [-0.25, -0.2) is 0 Å². The summed E-state index contributed by atoms with van der Waals surface area (Å²) in [5, 5.41) is 3.39. The molecule has 2 aliphatic rings. The third kappa shape index (κ3) is 3.27.